The molecule has 0 spiro atoms. The Morgan fingerprint density at radius 1 is 1.09 bits per heavy atom. The fraction of sp³-hybridized carbons (Fsp3) is 0.500. The van der Waals surface area contributed by atoms with Gasteiger partial charge in [-0.25, -0.2) is 13.8 Å². The van der Waals surface area contributed by atoms with Gasteiger partial charge >= 0.3 is 0 Å². The van der Waals surface area contributed by atoms with Crippen molar-refractivity contribution in [1.29, 1.82) is 0 Å². The van der Waals surface area contributed by atoms with Crippen molar-refractivity contribution >= 4 is 11.0 Å². The predicted octanol–water partition coefficient (Wildman–Crippen LogP) is 4.34. The van der Waals surface area contributed by atoms with Crippen molar-refractivity contribution in [1.82, 2.24) is 20.2 Å². The number of piperidine rings is 2. The van der Waals surface area contributed by atoms with Crippen LogP contribution in [0.1, 0.15) is 37.8 Å². The van der Waals surface area contributed by atoms with Gasteiger partial charge in [0.05, 0.1) is 5.39 Å². The molecule has 3 atom stereocenters. The molecular weight excluding hydrogens is 422 g/mol. The number of H-pyrrole nitrogens is 1. The van der Waals surface area contributed by atoms with E-state index in [-0.39, 0.29) is 11.8 Å². The number of pyridine rings is 1. The SMILES string of the molecule is Cc1cc(-c2ccnc3[nH]cc(F)c23)cc(F)c1C1(O)[C@H](C)CN(C2CCNCC2)C[C@@H]1C. The smallest absolute Gasteiger partial charge is 0.150 e. The quantitative estimate of drug-likeness (QED) is 0.551. The van der Waals surface area contributed by atoms with Gasteiger partial charge in [0.15, 0.2) is 5.82 Å². The number of aromatic nitrogens is 2. The Bertz CT molecular complexity index is 1140. The molecule has 5 rings (SSSR count). The second-order valence-electron chi connectivity index (χ2n) is 9.93. The molecule has 4 heterocycles. The molecule has 2 aromatic heterocycles. The summed E-state index contributed by atoms with van der Waals surface area (Å²) in [6.07, 6.45) is 5.07. The molecule has 7 heteroatoms. The Hall–Kier alpha value is -2.35. The van der Waals surface area contributed by atoms with E-state index in [1.807, 2.05) is 26.8 Å². The molecule has 33 heavy (non-hydrogen) atoms. The van der Waals surface area contributed by atoms with E-state index in [4.69, 9.17) is 0 Å². The first kappa shape index (κ1) is 22.4. The standard InChI is InChI=1S/C26H32F2N4O/c1-15-10-18(20-6-9-30-25-23(20)22(28)12-31-25)11-21(27)24(15)26(33)16(2)13-32(14-17(26)3)19-4-7-29-8-5-19/h6,9-12,16-17,19,29,33H,4-5,7-8,13-14H2,1-3H3,(H,30,31)/t16-,17+,26?. The number of halogens is 2. The van der Waals surface area contributed by atoms with Gasteiger partial charge in [-0.1, -0.05) is 19.9 Å². The molecule has 3 N–H and O–H groups in total. The molecule has 5 nitrogen and oxygen atoms in total. The number of benzene rings is 1. The minimum Gasteiger partial charge on any atom is -0.384 e. The van der Waals surface area contributed by atoms with E-state index in [1.165, 1.54) is 12.3 Å². The van der Waals surface area contributed by atoms with E-state index in [0.29, 0.717) is 39.3 Å². The van der Waals surface area contributed by atoms with Crippen molar-refractivity contribution in [3.8, 4) is 11.1 Å². The van der Waals surface area contributed by atoms with Crippen molar-refractivity contribution in [2.24, 2.45) is 11.8 Å². The van der Waals surface area contributed by atoms with Gasteiger partial charge in [0.25, 0.3) is 0 Å². The maximum Gasteiger partial charge on any atom is 0.150 e. The third-order valence-electron chi connectivity index (χ3n) is 7.87. The molecule has 2 aliphatic rings. The maximum atomic E-state index is 15.8. The molecular formula is C26H32F2N4O. The number of likely N-dealkylation sites (tertiary alicyclic amines) is 1. The summed E-state index contributed by atoms with van der Waals surface area (Å²) in [6.45, 7) is 9.42. The number of aromatic amines is 1. The van der Waals surface area contributed by atoms with Gasteiger partial charge in [0.1, 0.15) is 17.1 Å². The highest BCUT2D eigenvalue weighted by Crippen LogP contribution is 2.45. The van der Waals surface area contributed by atoms with E-state index in [1.54, 1.807) is 12.3 Å². The van der Waals surface area contributed by atoms with Crippen LogP contribution in [0.2, 0.25) is 0 Å². The fourth-order valence-electron chi connectivity index (χ4n) is 6.17. The lowest BCUT2D eigenvalue weighted by atomic mass is 9.68. The lowest BCUT2D eigenvalue weighted by molar-refractivity contribution is -0.124. The average Bonchev–Trinajstić information content (AvgIpc) is 3.18. The van der Waals surface area contributed by atoms with Crippen LogP contribution in [0.4, 0.5) is 8.78 Å². The summed E-state index contributed by atoms with van der Waals surface area (Å²) in [4.78, 5) is 9.45. The van der Waals surface area contributed by atoms with Crippen LogP contribution in [-0.2, 0) is 5.60 Å². The Morgan fingerprint density at radius 2 is 1.79 bits per heavy atom. The van der Waals surface area contributed by atoms with Gasteiger partial charge in [-0.15, -0.1) is 0 Å². The second-order valence-corrected chi connectivity index (χ2v) is 9.93. The van der Waals surface area contributed by atoms with Gasteiger partial charge in [0.2, 0.25) is 0 Å². The summed E-state index contributed by atoms with van der Waals surface area (Å²) in [5.74, 6) is -1.10. The van der Waals surface area contributed by atoms with Gasteiger partial charge in [0, 0.05) is 48.9 Å². The third kappa shape index (κ3) is 3.66. The number of hydrogen-bond donors (Lipinski definition) is 3. The van der Waals surface area contributed by atoms with Crippen molar-refractivity contribution in [3.63, 3.8) is 0 Å². The van der Waals surface area contributed by atoms with Crippen LogP contribution < -0.4 is 5.32 Å². The largest absolute Gasteiger partial charge is 0.384 e. The predicted molar refractivity (Wildman–Crippen MR) is 126 cm³/mol. The summed E-state index contributed by atoms with van der Waals surface area (Å²) in [7, 11) is 0. The minimum absolute atomic E-state index is 0.120. The highest BCUT2D eigenvalue weighted by Gasteiger charge is 2.49. The number of rotatable bonds is 3. The minimum atomic E-state index is -1.26. The summed E-state index contributed by atoms with van der Waals surface area (Å²) >= 11 is 0. The van der Waals surface area contributed by atoms with E-state index >= 15 is 4.39 Å². The van der Waals surface area contributed by atoms with Crippen molar-refractivity contribution in [2.45, 2.75) is 45.3 Å². The Balaban J connectivity index is 1.51. The summed E-state index contributed by atoms with van der Waals surface area (Å²) in [5.41, 5.74) is 1.39. The maximum absolute atomic E-state index is 15.8. The molecule has 2 saturated heterocycles. The third-order valence-corrected chi connectivity index (χ3v) is 7.87. The Labute approximate surface area is 193 Å². The highest BCUT2D eigenvalue weighted by molar-refractivity contribution is 5.93. The molecule has 0 amide bonds. The van der Waals surface area contributed by atoms with Crippen LogP contribution >= 0.6 is 0 Å². The first-order chi connectivity index (χ1) is 15.8. The van der Waals surface area contributed by atoms with Crippen LogP contribution in [0.25, 0.3) is 22.2 Å². The van der Waals surface area contributed by atoms with Gasteiger partial charge < -0.3 is 15.4 Å². The molecule has 176 valence electrons. The van der Waals surface area contributed by atoms with Crippen molar-refractivity contribution in [2.75, 3.05) is 26.2 Å². The van der Waals surface area contributed by atoms with Crippen LogP contribution in [-0.4, -0.2) is 52.2 Å². The number of aliphatic hydroxyl groups is 1. The summed E-state index contributed by atoms with van der Waals surface area (Å²) < 4.78 is 30.2. The highest BCUT2D eigenvalue weighted by atomic mass is 19.1. The van der Waals surface area contributed by atoms with Crippen molar-refractivity contribution in [3.05, 3.63) is 53.4 Å². The molecule has 0 radical (unpaired) electrons. The number of nitrogens with zero attached hydrogens (tertiary/aromatic N) is 2. The number of hydrogen-bond acceptors (Lipinski definition) is 4. The zero-order valence-corrected chi connectivity index (χ0v) is 19.5. The van der Waals surface area contributed by atoms with E-state index < -0.39 is 17.2 Å². The molecule has 2 aliphatic heterocycles. The zero-order valence-electron chi connectivity index (χ0n) is 19.5. The lowest BCUT2D eigenvalue weighted by Crippen LogP contribution is -2.58. The zero-order chi connectivity index (χ0) is 23.3. The molecule has 1 aromatic carbocycles. The van der Waals surface area contributed by atoms with Gasteiger partial charge in [-0.2, -0.15) is 0 Å². The summed E-state index contributed by atoms with van der Waals surface area (Å²) in [5, 5.41) is 15.7. The van der Waals surface area contributed by atoms with Gasteiger partial charge in [-0.05, 0) is 61.7 Å². The first-order valence-corrected chi connectivity index (χ1v) is 11.9. The van der Waals surface area contributed by atoms with E-state index in [2.05, 4.69) is 20.2 Å². The number of aryl methyl sites for hydroxylation is 1. The molecule has 0 aliphatic carbocycles. The van der Waals surface area contributed by atoms with Crippen LogP contribution in [0, 0.1) is 30.4 Å². The van der Waals surface area contributed by atoms with Crippen LogP contribution in [0.5, 0.6) is 0 Å². The average molecular weight is 455 g/mol. The van der Waals surface area contributed by atoms with Gasteiger partial charge in [-0.3, -0.25) is 4.90 Å². The first-order valence-electron chi connectivity index (χ1n) is 11.9. The normalized spacial score (nSPS) is 27.3. The van der Waals surface area contributed by atoms with E-state index in [9.17, 15) is 9.50 Å². The van der Waals surface area contributed by atoms with Crippen LogP contribution in [0.15, 0.2) is 30.6 Å². The summed E-state index contributed by atoms with van der Waals surface area (Å²) in [6, 6.07) is 5.50. The topological polar surface area (TPSA) is 64.2 Å². The number of fused-ring (bicyclic) bond motifs is 1. The van der Waals surface area contributed by atoms with Crippen LogP contribution in [0.3, 0.4) is 0 Å². The Kier molecular flexibility index (Phi) is 5.75. The molecule has 3 aromatic rings. The molecule has 2 fully saturated rings. The fourth-order valence-corrected chi connectivity index (χ4v) is 6.17. The number of nitrogens with one attached hydrogen (secondary N) is 2. The molecule has 0 saturated carbocycles. The second kappa shape index (κ2) is 8.46. The molecule has 0 bridgehead atoms. The monoisotopic (exact) mass is 454 g/mol. The molecule has 1 unspecified atom stereocenters. The lowest BCUT2D eigenvalue weighted by Gasteiger charge is -2.51. The van der Waals surface area contributed by atoms with E-state index in [0.717, 1.165) is 39.0 Å². The Morgan fingerprint density at radius 3 is 2.45 bits per heavy atom. The van der Waals surface area contributed by atoms with Crippen molar-refractivity contribution < 1.29 is 13.9 Å².